The van der Waals surface area contributed by atoms with Gasteiger partial charge in [-0.3, -0.25) is 4.79 Å². The van der Waals surface area contributed by atoms with E-state index in [0.717, 1.165) is 12.8 Å². The van der Waals surface area contributed by atoms with E-state index in [4.69, 9.17) is 14.2 Å². The summed E-state index contributed by atoms with van der Waals surface area (Å²) >= 11 is 0. The van der Waals surface area contributed by atoms with Crippen LogP contribution >= 0.6 is 0 Å². The third-order valence-electron chi connectivity index (χ3n) is 4.93. The van der Waals surface area contributed by atoms with Gasteiger partial charge in [0.2, 0.25) is 16.1 Å². The van der Waals surface area contributed by atoms with Gasteiger partial charge in [0.15, 0.2) is 11.5 Å². The van der Waals surface area contributed by atoms with Crippen LogP contribution in [0.25, 0.3) is 0 Å². The fourth-order valence-electron chi connectivity index (χ4n) is 3.38. The Kier molecular flexibility index (Phi) is 5.33. The topological polar surface area (TPSA) is 94.2 Å². The summed E-state index contributed by atoms with van der Waals surface area (Å²) in [5.41, 5.74) is 0.264. The molecule has 2 heterocycles. The van der Waals surface area contributed by atoms with E-state index in [-0.39, 0.29) is 17.2 Å². The Morgan fingerprint density at radius 3 is 2.59 bits per heavy atom. The lowest BCUT2D eigenvalue weighted by Gasteiger charge is -2.26. The number of para-hydroxylation sites is 2. The number of ether oxygens (including phenoxy) is 3. The van der Waals surface area contributed by atoms with Crippen molar-refractivity contribution in [3.63, 3.8) is 0 Å². The second-order valence-corrected chi connectivity index (χ2v) is 8.76. The maximum atomic E-state index is 12.8. The molecule has 2 aliphatic rings. The Labute approximate surface area is 169 Å². The third-order valence-corrected chi connectivity index (χ3v) is 6.83. The first kappa shape index (κ1) is 19.5. The Hall–Kier alpha value is -2.78. The summed E-state index contributed by atoms with van der Waals surface area (Å²) in [7, 11) is -2.16. The predicted octanol–water partition coefficient (Wildman–Crippen LogP) is 2.26. The lowest BCUT2D eigenvalue weighted by molar-refractivity contribution is -0.125. The first-order valence-corrected chi connectivity index (χ1v) is 10.8. The van der Waals surface area contributed by atoms with Gasteiger partial charge in [0.25, 0.3) is 5.91 Å². The van der Waals surface area contributed by atoms with Crippen LogP contribution in [-0.2, 0) is 14.8 Å². The number of fused-ring (bicyclic) bond motifs is 1. The number of sulfonamides is 1. The highest BCUT2D eigenvalue weighted by Crippen LogP contribution is 2.33. The maximum Gasteiger partial charge on any atom is 0.269 e. The Morgan fingerprint density at radius 2 is 1.86 bits per heavy atom. The largest absolute Gasteiger partial charge is 0.495 e. The van der Waals surface area contributed by atoms with Gasteiger partial charge < -0.3 is 19.5 Å². The molecule has 1 saturated heterocycles. The molecule has 154 valence electrons. The summed E-state index contributed by atoms with van der Waals surface area (Å²) in [6.07, 6.45) is 0.826. The van der Waals surface area contributed by atoms with Crippen LogP contribution in [0.4, 0.5) is 5.69 Å². The summed E-state index contributed by atoms with van der Waals surface area (Å²) in [5.74, 6) is 0.966. The molecule has 1 unspecified atom stereocenters. The minimum atomic E-state index is -3.62. The van der Waals surface area contributed by atoms with E-state index >= 15 is 0 Å². The molecule has 8 nitrogen and oxygen atoms in total. The van der Waals surface area contributed by atoms with Gasteiger partial charge in [-0.1, -0.05) is 12.1 Å². The molecule has 0 aromatic heterocycles. The summed E-state index contributed by atoms with van der Waals surface area (Å²) in [4.78, 5) is 12.8. The van der Waals surface area contributed by atoms with E-state index in [2.05, 4.69) is 5.32 Å². The number of carbonyl (C=O) groups is 1. The predicted molar refractivity (Wildman–Crippen MR) is 106 cm³/mol. The average Bonchev–Trinajstić information content (AvgIpc) is 3.29. The smallest absolute Gasteiger partial charge is 0.269 e. The molecule has 1 amide bonds. The maximum absolute atomic E-state index is 12.8. The number of anilines is 1. The van der Waals surface area contributed by atoms with Crippen LogP contribution in [0.1, 0.15) is 12.8 Å². The average molecular weight is 418 g/mol. The van der Waals surface area contributed by atoms with Gasteiger partial charge in [0.05, 0.1) is 17.7 Å². The van der Waals surface area contributed by atoms with Gasteiger partial charge in [-0.15, -0.1) is 0 Å². The molecule has 2 aromatic rings. The van der Waals surface area contributed by atoms with Crippen LogP contribution in [0.15, 0.2) is 47.4 Å². The van der Waals surface area contributed by atoms with E-state index in [1.54, 1.807) is 18.2 Å². The zero-order valence-electron chi connectivity index (χ0n) is 16.0. The fourth-order valence-corrected chi connectivity index (χ4v) is 4.93. The number of nitrogens with zero attached hydrogens (tertiary/aromatic N) is 1. The van der Waals surface area contributed by atoms with Crippen LogP contribution in [-0.4, -0.2) is 51.5 Å². The number of benzene rings is 2. The summed E-state index contributed by atoms with van der Waals surface area (Å²) in [6, 6.07) is 11.5. The number of rotatable bonds is 5. The zero-order chi connectivity index (χ0) is 20.4. The number of hydrogen-bond donors (Lipinski definition) is 1. The lowest BCUT2D eigenvalue weighted by Crippen LogP contribution is -2.40. The van der Waals surface area contributed by atoms with E-state index in [9.17, 15) is 13.2 Å². The molecule has 1 N–H and O–H groups in total. The zero-order valence-corrected chi connectivity index (χ0v) is 16.8. The normalized spacial score (nSPS) is 19.0. The minimum Gasteiger partial charge on any atom is -0.495 e. The molecular weight excluding hydrogens is 396 g/mol. The van der Waals surface area contributed by atoms with Crippen LogP contribution < -0.4 is 19.5 Å². The second kappa shape index (κ2) is 7.92. The molecule has 0 bridgehead atoms. The summed E-state index contributed by atoms with van der Waals surface area (Å²) in [5, 5.41) is 2.71. The van der Waals surface area contributed by atoms with Crippen molar-refractivity contribution in [3.8, 4) is 17.2 Å². The highest BCUT2D eigenvalue weighted by Gasteiger charge is 2.30. The lowest BCUT2D eigenvalue weighted by atomic mass is 10.2. The molecule has 0 spiro atoms. The van der Waals surface area contributed by atoms with E-state index in [1.807, 2.05) is 6.07 Å². The Morgan fingerprint density at radius 1 is 1.14 bits per heavy atom. The molecule has 9 heteroatoms. The van der Waals surface area contributed by atoms with Crippen molar-refractivity contribution in [1.82, 2.24) is 4.31 Å². The third kappa shape index (κ3) is 3.88. The first-order chi connectivity index (χ1) is 14.0. The molecule has 1 fully saturated rings. The fraction of sp³-hybridized carbons (Fsp3) is 0.350. The van der Waals surface area contributed by atoms with Crippen LogP contribution in [0, 0.1) is 0 Å². The second-order valence-electron chi connectivity index (χ2n) is 6.83. The molecule has 0 aliphatic carbocycles. The number of methoxy groups -OCH3 is 1. The standard InChI is InChI=1S/C20H22N2O6S/c1-26-16-9-8-14(29(24,25)22-10-4-5-11-22)12-15(16)21-20(23)19-13-27-17-6-2-3-7-18(17)28-19/h2-3,6-9,12,19H,4-5,10-11,13H2,1H3,(H,21,23). The first-order valence-electron chi connectivity index (χ1n) is 9.36. The quantitative estimate of drug-likeness (QED) is 0.801. The van der Waals surface area contributed by atoms with Crippen molar-refractivity contribution in [2.45, 2.75) is 23.8 Å². The van der Waals surface area contributed by atoms with Gasteiger partial charge in [-0.2, -0.15) is 4.31 Å². The highest BCUT2D eigenvalue weighted by molar-refractivity contribution is 7.89. The summed E-state index contributed by atoms with van der Waals surface area (Å²) < 4.78 is 43.7. The van der Waals surface area contributed by atoms with E-state index in [0.29, 0.717) is 30.3 Å². The number of nitrogens with one attached hydrogen (secondary N) is 1. The van der Waals surface area contributed by atoms with Gasteiger partial charge >= 0.3 is 0 Å². The number of amides is 1. The molecule has 2 aliphatic heterocycles. The molecule has 0 radical (unpaired) electrons. The highest BCUT2D eigenvalue weighted by atomic mass is 32.2. The Balaban J connectivity index is 1.55. The minimum absolute atomic E-state index is 0.0525. The van der Waals surface area contributed by atoms with Crippen molar-refractivity contribution < 1.29 is 27.4 Å². The Bertz CT molecular complexity index is 1020. The van der Waals surface area contributed by atoms with Crippen molar-refractivity contribution in [1.29, 1.82) is 0 Å². The van der Waals surface area contributed by atoms with Crippen molar-refractivity contribution in [2.75, 3.05) is 32.1 Å². The number of hydrogen-bond acceptors (Lipinski definition) is 6. The van der Waals surface area contributed by atoms with Gasteiger partial charge in [-0.05, 0) is 43.2 Å². The van der Waals surface area contributed by atoms with Crippen LogP contribution in [0.2, 0.25) is 0 Å². The SMILES string of the molecule is COc1ccc(S(=O)(=O)N2CCCC2)cc1NC(=O)C1COc2ccccc2O1. The number of carbonyl (C=O) groups excluding carboxylic acids is 1. The van der Waals surface area contributed by atoms with Crippen LogP contribution in [0.5, 0.6) is 17.2 Å². The van der Waals surface area contributed by atoms with Gasteiger partial charge in [0, 0.05) is 13.1 Å². The molecule has 29 heavy (non-hydrogen) atoms. The van der Waals surface area contributed by atoms with E-state index < -0.39 is 22.0 Å². The molecule has 0 saturated carbocycles. The monoisotopic (exact) mass is 418 g/mol. The van der Waals surface area contributed by atoms with Crippen molar-refractivity contribution in [2.24, 2.45) is 0 Å². The van der Waals surface area contributed by atoms with Crippen LogP contribution in [0.3, 0.4) is 0 Å². The van der Waals surface area contributed by atoms with Crippen molar-refractivity contribution >= 4 is 21.6 Å². The molecular formula is C20H22N2O6S. The molecule has 4 rings (SSSR count). The van der Waals surface area contributed by atoms with Crippen molar-refractivity contribution in [3.05, 3.63) is 42.5 Å². The van der Waals surface area contributed by atoms with Gasteiger partial charge in [0.1, 0.15) is 12.4 Å². The molecule has 2 aromatic carbocycles. The summed E-state index contributed by atoms with van der Waals surface area (Å²) in [6.45, 7) is 1.06. The molecule has 1 atom stereocenters. The van der Waals surface area contributed by atoms with E-state index in [1.165, 1.54) is 29.6 Å². The van der Waals surface area contributed by atoms with Gasteiger partial charge in [-0.25, -0.2) is 8.42 Å².